The summed E-state index contributed by atoms with van der Waals surface area (Å²) in [6.45, 7) is 3.39. The number of hydrogen-bond acceptors (Lipinski definition) is 4. The van der Waals surface area contributed by atoms with Gasteiger partial charge in [-0.05, 0) is 32.9 Å². The summed E-state index contributed by atoms with van der Waals surface area (Å²) < 4.78 is 37.6. The largest absolute Gasteiger partial charge is 0.406 e. The quantitative estimate of drug-likeness (QED) is 0.658. The third-order valence-electron chi connectivity index (χ3n) is 2.58. The fraction of sp³-hybridized carbons (Fsp3) is 0.500. The zero-order valence-electron chi connectivity index (χ0n) is 11.5. The lowest BCUT2D eigenvalue weighted by molar-refractivity contribution is -0.143. The van der Waals surface area contributed by atoms with E-state index in [-0.39, 0.29) is 11.4 Å². The summed E-state index contributed by atoms with van der Waals surface area (Å²) in [7, 11) is 0. The zero-order valence-corrected chi connectivity index (χ0v) is 11.5. The van der Waals surface area contributed by atoms with Gasteiger partial charge in [-0.2, -0.15) is 13.2 Å². The lowest BCUT2D eigenvalue weighted by Crippen LogP contribution is -2.43. The Labute approximate surface area is 114 Å². The monoisotopic (exact) mass is 290 g/mol. The van der Waals surface area contributed by atoms with Crippen LogP contribution in [-0.4, -0.2) is 34.6 Å². The molecule has 112 valence electrons. The van der Waals surface area contributed by atoms with E-state index in [2.05, 4.69) is 10.4 Å². The Morgan fingerprint density at radius 1 is 1.45 bits per heavy atom. The molecule has 0 unspecified atom stereocenters. The molecule has 3 N–H and O–H groups in total. The molecule has 0 fully saturated rings. The molecule has 0 aliphatic carbocycles. The van der Waals surface area contributed by atoms with Crippen LogP contribution in [0, 0.1) is 6.92 Å². The molecule has 20 heavy (non-hydrogen) atoms. The molecule has 0 aliphatic heterocycles. The minimum absolute atomic E-state index is 0.114. The maximum absolute atomic E-state index is 12.5. The fourth-order valence-electron chi connectivity index (χ4n) is 1.71. The van der Waals surface area contributed by atoms with Crippen LogP contribution in [-0.2, 0) is 0 Å². The van der Waals surface area contributed by atoms with Crippen molar-refractivity contribution in [1.29, 1.82) is 0 Å². The van der Waals surface area contributed by atoms with Crippen LogP contribution in [0.15, 0.2) is 12.1 Å². The Balaban J connectivity index is 3.09. The van der Waals surface area contributed by atoms with E-state index >= 15 is 0 Å². The van der Waals surface area contributed by atoms with E-state index < -0.39 is 24.7 Å². The number of alkyl halides is 3. The number of aromatic nitrogens is 1. The second-order valence-electron chi connectivity index (χ2n) is 4.67. The standard InChI is InChI=1S/C12H17F3N4O/c1-7(2)19(6-12(13,14)15)11(20)9-4-8(3)17-10(5-9)18-16/h4-5,7H,6,16H2,1-3H3,(H,17,18). The molecule has 0 radical (unpaired) electrons. The van der Waals surface area contributed by atoms with Crippen molar-refractivity contribution in [2.24, 2.45) is 5.84 Å². The number of hydrazine groups is 1. The maximum atomic E-state index is 12.5. The minimum Gasteiger partial charge on any atom is -0.327 e. The van der Waals surface area contributed by atoms with Crippen LogP contribution >= 0.6 is 0 Å². The highest BCUT2D eigenvalue weighted by atomic mass is 19.4. The van der Waals surface area contributed by atoms with Crippen molar-refractivity contribution in [2.75, 3.05) is 12.0 Å². The number of carbonyl (C=O) groups is 1. The number of halogens is 3. The first-order valence-electron chi connectivity index (χ1n) is 5.97. The van der Waals surface area contributed by atoms with E-state index in [9.17, 15) is 18.0 Å². The van der Waals surface area contributed by atoms with Crippen LogP contribution in [0.3, 0.4) is 0 Å². The van der Waals surface area contributed by atoms with Crippen LogP contribution in [0.25, 0.3) is 0 Å². The molecule has 0 aromatic carbocycles. The Morgan fingerprint density at radius 3 is 2.50 bits per heavy atom. The third-order valence-corrected chi connectivity index (χ3v) is 2.58. The molecule has 1 rings (SSSR count). The molecule has 0 spiro atoms. The number of nitrogens with two attached hydrogens (primary N) is 1. The lowest BCUT2D eigenvalue weighted by Gasteiger charge is -2.28. The van der Waals surface area contributed by atoms with Crippen LogP contribution in [0.5, 0.6) is 0 Å². The van der Waals surface area contributed by atoms with E-state index in [1.807, 2.05) is 0 Å². The van der Waals surface area contributed by atoms with Gasteiger partial charge in [-0.3, -0.25) is 4.79 Å². The van der Waals surface area contributed by atoms with Gasteiger partial charge < -0.3 is 10.3 Å². The van der Waals surface area contributed by atoms with E-state index in [0.717, 1.165) is 4.90 Å². The van der Waals surface area contributed by atoms with Crippen molar-refractivity contribution < 1.29 is 18.0 Å². The molecule has 0 bridgehead atoms. The molecule has 0 saturated heterocycles. The van der Waals surface area contributed by atoms with Gasteiger partial charge in [0, 0.05) is 17.3 Å². The topological polar surface area (TPSA) is 71.2 Å². The highest BCUT2D eigenvalue weighted by Gasteiger charge is 2.34. The molecule has 0 atom stereocenters. The predicted octanol–water partition coefficient (Wildman–Crippen LogP) is 2.09. The van der Waals surface area contributed by atoms with Gasteiger partial charge in [0.1, 0.15) is 12.4 Å². The summed E-state index contributed by atoms with van der Waals surface area (Å²) in [5.74, 6) is 4.73. The molecule has 1 aromatic rings. The minimum atomic E-state index is -4.45. The third kappa shape index (κ3) is 4.37. The number of nitrogens with one attached hydrogen (secondary N) is 1. The molecule has 8 heteroatoms. The first-order chi connectivity index (χ1) is 9.14. The van der Waals surface area contributed by atoms with Crippen LogP contribution in [0.2, 0.25) is 0 Å². The Morgan fingerprint density at radius 2 is 2.05 bits per heavy atom. The Hall–Kier alpha value is -1.83. The van der Waals surface area contributed by atoms with Gasteiger partial charge in [0.05, 0.1) is 0 Å². The molecule has 0 saturated carbocycles. The number of carbonyl (C=O) groups excluding carboxylic acids is 1. The second kappa shape index (κ2) is 6.08. The molecule has 5 nitrogen and oxygen atoms in total. The summed E-state index contributed by atoms with van der Waals surface area (Å²) in [6.07, 6.45) is -4.45. The van der Waals surface area contributed by atoms with Gasteiger partial charge >= 0.3 is 6.18 Å². The van der Waals surface area contributed by atoms with E-state index in [1.54, 1.807) is 6.92 Å². The smallest absolute Gasteiger partial charge is 0.327 e. The summed E-state index contributed by atoms with van der Waals surface area (Å²) in [5.41, 5.74) is 2.88. The number of hydrogen-bond donors (Lipinski definition) is 2. The average Bonchev–Trinajstić information content (AvgIpc) is 2.33. The normalized spacial score (nSPS) is 11.6. The molecular formula is C12H17F3N4O. The zero-order chi connectivity index (χ0) is 15.5. The SMILES string of the molecule is Cc1cc(C(=O)N(CC(F)(F)F)C(C)C)cc(NN)n1. The molecule has 1 heterocycles. The summed E-state index contributed by atoms with van der Waals surface area (Å²) in [5, 5.41) is 0. The van der Waals surface area contributed by atoms with Crippen molar-refractivity contribution >= 4 is 11.7 Å². The number of nitrogens with zero attached hydrogens (tertiary/aromatic N) is 2. The van der Waals surface area contributed by atoms with Crippen molar-refractivity contribution in [3.8, 4) is 0 Å². The molecule has 1 aromatic heterocycles. The Bertz CT molecular complexity index is 488. The summed E-state index contributed by atoms with van der Waals surface area (Å²) >= 11 is 0. The number of pyridine rings is 1. The highest BCUT2D eigenvalue weighted by Crippen LogP contribution is 2.21. The first-order valence-corrected chi connectivity index (χ1v) is 5.97. The number of anilines is 1. The van der Waals surface area contributed by atoms with E-state index in [4.69, 9.17) is 5.84 Å². The highest BCUT2D eigenvalue weighted by molar-refractivity contribution is 5.95. The predicted molar refractivity (Wildman–Crippen MR) is 69.0 cm³/mol. The van der Waals surface area contributed by atoms with Gasteiger partial charge in [0.15, 0.2) is 0 Å². The second-order valence-corrected chi connectivity index (χ2v) is 4.67. The number of amides is 1. The van der Waals surface area contributed by atoms with Crippen molar-refractivity contribution in [2.45, 2.75) is 33.0 Å². The summed E-state index contributed by atoms with van der Waals surface area (Å²) in [6, 6.07) is 2.17. The summed E-state index contributed by atoms with van der Waals surface area (Å²) in [4.78, 5) is 17.0. The van der Waals surface area contributed by atoms with Crippen molar-refractivity contribution in [3.63, 3.8) is 0 Å². The van der Waals surface area contributed by atoms with Crippen LogP contribution in [0.4, 0.5) is 19.0 Å². The van der Waals surface area contributed by atoms with E-state index in [1.165, 1.54) is 26.0 Å². The van der Waals surface area contributed by atoms with Crippen molar-refractivity contribution in [1.82, 2.24) is 9.88 Å². The number of aryl methyl sites for hydroxylation is 1. The molecule has 1 amide bonds. The van der Waals surface area contributed by atoms with E-state index in [0.29, 0.717) is 5.69 Å². The van der Waals surface area contributed by atoms with Gasteiger partial charge in [-0.25, -0.2) is 10.8 Å². The van der Waals surface area contributed by atoms with Crippen molar-refractivity contribution in [3.05, 3.63) is 23.4 Å². The maximum Gasteiger partial charge on any atom is 0.406 e. The fourth-order valence-corrected chi connectivity index (χ4v) is 1.71. The van der Waals surface area contributed by atoms with Gasteiger partial charge in [0.2, 0.25) is 0 Å². The number of nitrogen functional groups attached to an aromatic ring is 1. The van der Waals surface area contributed by atoms with Gasteiger partial charge in [0.25, 0.3) is 5.91 Å². The molecule has 0 aliphatic rings. The van der Waals surface area contributed by atoms with Crippen LogP contribution in [0.1, 0.15) is 29.9 Å². The lowest BCUT2D eigenvalue weighted by atomic mass is 10.1. The average molecular weight is 290 g/mol. The number of rotatable bonds is 4. The molecular weight excluding hydrogens is 273 g/mol. The Kier molecular flexibility index (Phi) is 4.93. The van der Waals surface area contributed by atoms with Gasteiger partial charge in [-0.15, -0.1) is 0 Å². The van der Waals surface area contributed by atoms with Crippen LogP contribution < -0.4 is 11.3 Å². The van der Waals surface area contributed by atoms with Gasteiger partial charge in [-0.1, -0.05) is 0 Å². The first kappa shape index (κ1) is 16.2.